The lowest BCUT2D eigenvalue weighted by atomic mass is 10.4. The fourth-order valence-electron chi connectivity index (χ4n) is 1.81. The molecule has 3 rings (SSSR count). The molecule has 0 aliphatic heterocycles. The number of hydrogen-bond donors (Lipinski definition) is 3. The number of nitrogens with one attached hydrogen (secondary N) is 3. The van der Waals surface area contributed by atoms with Crippen molar-refractivity contribution in [1.82, 2.24) is 19.9 Å². The van der Waals surface area contributed by atoms with Gasteiger partial charge >= 0.3 is 0 Å². The van der Waals surface area contributed by atoms with E-state index in [1.54, 1.807) is 11.3 Å². The zero-order chi connectivity index (χ0) is 14.3. The van der Waals surface area contributed by atoms with E-state index in [9.17, 15) is 9.59 Å². The minimum Gasteiger partial charge on any atom is -0.331 e. The van der Waals surface area contributed by atoms with Crippen LogP contribution < -0.4 is 10.9 Å². The molecule has 0 fully saturated rings. The summed E-state index contributed by atoms with van der Waals surface area (Å²) in [6, 6.07) is 3.91. The van der Waals surface area contributed by atoms with Crippen molar-refractivity contribution in [3.8, 4) is 10.7 Å². The Balaban J connectivity index is 2.13. The summed E-state index contributed by atoms with van der Waals surface area (Å²) in [5.41, 5.74) is 0.199. The zero-order valence-corrected chi connectivity index (χ0v) is 11.6. The Kier molecular flexibility index (Phi) is 2.87. The Morgan fingerprint density at radius 2 is 2.10 bits per heavy atom. The van der Waals surface area contributed by atoms with Crippen LogP contribution in [0.5, 0.6) is 0 Å². The molecular formula is C12H11N5O2S. The molecular weight excluding hydrogens is 278 g/mol. The number of imidazole rings is 1. The van der Waals surface area contributed by atoms with Crippen LogP contribution in [0, 0.1) is 6.92 Å². The number of aryl methyl sites for hydroxylation is 1. The van der Waals surface area contributed by atoms with E-state index in [-0.39, 0.29) is 23.1 Å². The smallest absolute Gasteiger partial charge is 0.278 e. The third-order valence-electron chi connectivity index (χ3n) is 2.63. The summed E-state index contributed by atoms with van der Waals surface area (Å²) < 4.78 is 0. The molecule has 0 bridgehead atoms. The van der Waals surface area contributed by atoms with Gasteiger partial charge in [-0.1, -0.05) is 0 Å². The Bertz CT molecular complexity index is 860. The average molecular weight is 289 g/mol. The molecule has 7 nitrogen and oxygen atoms in total. The maximum atomic E-state index is 11.9. The highest BCUT2D eigenvalue weighted by Gasteiger charge is 2.12. The van der Waals surface area contributed by atoms with Crippen molar-refractivity contribution in [2.24, 2.45) is 0 Å². The van der Waals surface area contributed by atoms with Crippen LogP contribution in [0.2, 0.25) is 0 Å². The summed E-state index contributed by atoms with van der Waals surface area (Å²) in [7, 11) is 0. The van der Waals surface area contributed by atoms with Gasteiger partial charge in [0.1, 0.15) is 0 Å². The second kappa shape index (κ2) is 4.57. The number of thiophene rings is 1. The third kappa shape index (κ3) is 2.21. The molecule has 0 aromatic carbocycles. The topological polar surface area (TPSA) is 104 Å². The number of anilines is 1. The maximum Gasteiger partial charge on any atom is 0.278 e. The summed E-state index contributed by atoms with van der Waals surface area (Å²) in [6.07, 6.45) is 0. The highest BCUT2D eigenvalue weighted by Crippen LogP contribution is 2.26. The van der Waals surface area contributed by atoms with Gasteiger partial charge in [-0.05, 0) is 19.1 Å². The predicted octanol–water partition coefficient (Wildman–Crippen LogP) is 1.64. The lowest BCUT2D eigenvalue weighted by Crippen LogP contribution is -2.15. The molecule has 20 heavy (non-hydrogen) atoms. The molecule has 0 aliphatic rings. The summed E-state index contributed by atoms with van der Waals surface area (Å²) in [5, 5.41) is 2.43. The van der Waals surface area contributed by atoms with Crippen molar-refractivity contribution < 1.29 is 4.79 Å². The highest BCUT2D eigenvalue weighted by molar-refractivity contribution is 7.15. The molecule has 0 radical (unpaired) electrons. The summed E-state index contributed by atoms with van der Waals surface area (Å²) >= 11 is 1.57. The van der Waals surface area contributed by atoms with Gasteiger partial charge in [0.15, 0.2) is 17.0 Å². The molecule has 1 amide bonds. The maximum absolute atomic E-state index is 11.9. The molecule has 102 valence electrons. The normalized spacial score (nSPS) is 10.9. The molecule has 0 unspecified atom stereocenters. The van der Waals surface area contributed by atoms with Crippen molar-refractivity contribution >= 4 is 34.4 Å². The zero-order valence-electron chi connectivity index (χ0n) is 10.8. The van der Waals surface area contributed by atoms with Crippen LogP contribution in [-0.4, -0.2) is 25.8 Å². The molecule has 3 aromatic rings. The molecule has 0 spiro atoms. The number of carbonyl (C=O) groups excluding carboxylic acids is 1. The first-order valence-electron chi connectivity index (χ1n) is 5.87. The number of H-pyrrole nitrogens is 2. The van der Waals surface area contributed by atoms with Gasteiger partial charge < -0.3 is 4.98 Å². The number of aromatic nitrogens is 4. The highest BCUT2D eigenvalue weighted by atomic mass is 32.1. The number of fused-ring (bicyclic) bond motifs is 1. The van der Waals surface area contributed by atoms with Crippen molar-refractivity contribution in [2.45, 2.75) is 13.8 Å². The van der Waals surface area contributed by atoms with Crippen LogP contribution in [0.15, 0.2) is 16.9 Å². The second-order valence-corrected chi connectivity index (χ2v) is 5.58. The summed E-state index contributed by atoms with van der Waals surface area (Å²) in [4.78, 5) is 38.8. The van der Waals surface area contributed by atoms with Gasteiger partial charge in [-0.15, -0.1) is 11.3 Å². The van der Waals surface area contributed by atoms with Crippen LogP contribution in [-0.2, 0) is 4.79 Å². The molecule has 0 saturated carbocycles. The molecule has 0 atom stereocenters. The van der Waals surface area contributed by atoms with Gasteiger partial charge in [-0.3, -0.25) is 19.9 Å². The standard InChI is InChI=1S/C12H11N5O2S/c1-5-3-4-7(20-5)9-14-8-10(15-9)16-12(13-6(2)18)17-11(8)19/h3-4H,1-2H3,(H3,13,14,15,16,17,18,19). The van der Waals surface area contributed by atoms with Gasteiger partial charge in [-0.25, -0.2) is 4.98 Å². The van der Waals surface area contributed by atoms with Crippen LogP contribution in [0.25, 0.3) is 21.9 Å². The molecule has 8 heteroatoms. The second-order valence-electron chi connectivity index (χ2n) is 4.29. The van der Waals surface area contributed by atoms with E-state index in [1.165, 1.54) is 6.92 Å². The fraction of sp³-hybridized carbons (Fsp3) is 0.167. The van der Waals surface area contributed by atoms with Crippen LogP contribution in [0.1, 0.15) is 11.8 Å². The molecule has 0 aliphatic carbocycles. The van der Waals surface area contributed by atoms with E-state index in [4.69, 9.17) is 0 Å². The first kappa shape index (κ1) is 12.5. The van der Waals surface area contributed by atoms with Gasteiger partial charge in [-0.2, -0.15) is 4.98 Å². The van der Waals surface area contributed by atoms with Crippen LogP contribution >= 0.6 is 11.3 Å². The Labute approximate surface area is 117 Å². The number of aromatic amines is 2. The molecule has 3 N–H and O–H groups in total. The Hall–Kier alpha value is -2.48. The molecule has 3 aromatic heterocycles. The summed E-state index contributed by atoms with van der Waals surface area (Å²) in [5.74, 6) is 0.378. The van der Waals surface area contributed by atoms with Gasteiger partial charge in [0.2, 0.25) is 11.9 Å². The predicted molar refractivity (Wildman–Crippen MR) is 76.9 cm³/mol. The van der Waals surface area contributed by atoms with Gasteiger partial charge in [0.25, 0.3) is 5.56 Å². The minimum absolute atomic E-state index is 0.0930. The van der Waals surface area contributed by atoms with E-state index in [0.29, 0.717) is 11.3 Å². The lowest BCUT2D eigenvalue weighted by Gasteiger charge is -1.98. The van der Waals surface area contributed by atoms with E-state index in [2.05, 4.69) is 25.3 Å². The number of nitrogens with zero attached hydrogens (tertiary/aromatic N) is 2. The van der Waals surface area contributed by atoms with Gasteiger partial charge in [0, 0.05) is 11.8 Å². The SMILES string of the molecule is CC(=O)Nc1nc2nc(-c3ccc(C)s3)[nH]c2c(=O)[nH]1. The largest absolute Gasteiger partial charge is 0.331 e. The van der Waals surface area contributed by atoms with Crippen molar-refractivity contribution in [2.75, 3.05) is 5.32 Å². The van der Waals surface area contributed by atoms with Crippen LogP contribution in [0.4, 0.5) is 5.95 Å². The number of hydrogen-bond acceptors (Lipinski definition) is 5. The minimum atomic E-state index is -0.370. The van der Waals surface area contributed by atoms with Gasteiger partial charge in [0.05, 0.1) is 4.88 Å². The fourth-order valence-corrected chi connectivity index (χ4v) is 2.62. The number of amides is 1. The molecule has 0 saturated heterocycles. The monoisotopic (exact) mass is 289 g/mol. The Morgan fingerprint density at radius 3 is 2.75 bits per heavy atom. The lowest BCUT2D eigenvalue weighted by molar-refractivity contribution is -0.114. The third-order valence-corrected chi connectivity index (χ3v) is 3.64. The van der Waals surface area contributed by atoms with E-state index in [1.807, 2.05) is 19.1 Å². The van der Waals surface area contributed by atoms with Crippen molar-refractivity contribution in [3.05, 3.63) is 27.4 Å². The van der Waals surface area contributed by atoms with Crippen LogP contribution in [0.3, 0.4) is 0 Å². The van der Waals surface area contributed by atoms with E-state index >= 15 is 0 Å². The number of rotatable bonds is 2. The Morgan fingerprint density at radius 1 is 1.30 bits per heavy atom. The molecule has 3 heterocycles. The average Bonchev–Trinajstić information content (AvgIpc) is 2.94. The first-order chi connectivity index (χ1) is 9.52. The van der Waals surface area contributed by atoms with E-state index < -0.39 is 0 Å². The summed E-state index contributed by atoms with van der Waals surface area (Å²) in [6.45, 7) is 3.34. The van der Waals surface area contributed by atoms with E-state index in [0.717, 1.165) is 9.75 Å². The number of carbonyl (C=O) groups is 1. The van der Waals surface area contributed by atoms with Crippen molar-refractivity contribution in [1.29, 1.82) is 0 Å². The quantitative estimate of drug-likeness (QED) is 0.667. The first-order valence-corrected chi connectivity index (χ1v) is 6.69. The van der Waals surface area contributed by atoms with Crippen molar-refractivity contribution in [3.63, 3.8) is 0 Å².